The molecule has 0 aromatic heterocycles. The molecule has 16 heavy (non-hydrogen) atoms. The van der Waals surface area contributed by atoms with Gasteiger partial charge < -0.3 is 5.32 Å². The van der Waals surface area contributed by atoms with Crippen molar-refractivity contribution < 1.29 is 0 Å². The highest BCUT2D eigenvalue weighted by molar-refractivity contribution is 4.82. The molecule has 2 nitrogen and oxygen atoms in total. The van der Waals surface area contributed by atoms with E-state index in [2.05, 4.69) is 31.0 Å². The number of nitrogens with zero attached hydrogens (tertiary/aromatic N) is 1. The summed E-state index contributed by atoms with van der Waals surface area (Å²) in [6.45, 7) is 10.7. The summed E-state index contributed by atoms with van der Waals surface area (Å²) in [5.74, 6) is 0. The van der Waals surface area contributed by atoms with Crippen molar-refractivity contribution in [3.05, 3.63) is 0 Å². The smallest absolute Gasteiger partial charge is 0.0193 e. The van der Waals surface area contributed by atoms with Gasteiger partial charge >= 0.3 is 0 Å². The standard InChI is InChI=1S/C14H30N2/c1-4-6-7-8-9-10-16-12-14(5-2)15-11-13(16)3/h13-15H,4-12H2,1-3H3. The van der Waals surface area contributed by atoms with E-state index in [1.165, 1.54) is 58.2 Å². The van der Waals surface area contributed by atoms with Crippen LogP contribution in [0.3, 0.4) is 0 Å². The van der Waals surface area contributed by atoms with Crippen LogP contribution in [0.25, 0.3) is 0 Å². The van der Waals surface area contributed by atoms with Crippen LogP contribution < -0.4 is 5.32 Å². The lowest BCUT2D eigenvalue weighted by molar-refractivity contribution is 0.136. The molecule has 0 radical (unpaired) electrons. The number of nitrogens with one attached hydrogen (secondary N) is 1. The van der Waals surface area contributed by atoms with Gasteiger partial charge in [0.2, 0.25) is 0 Å². The Labute approximate surface area is 102 Å². The first-order chi connectivity index (χ1) is 7.77. The molecule has 2 atom stereocenters. The lowest BCUT2D eigenvalue weighted by atomic mass is 10.1. The lowest BCUT2D eigenvalue weighted by Crippen LogP contribution is -2.55. The summed E-state index contributed by atoms with van der Waals surface area (Å²) in [5.41, 5.74) is 0. The minimum absolute atomic E-state index is 0.729. The molecule has 2 unspecified atom stereocenters. The van der Waals surface area contributed by atoms with Crippen molar-refractivity contribution >= 4 is 0 Å². The minimum atomic E-state index is 0.729. The van der Waals surface area contributed by atoms with E-state index in [1.54, 1.807) is 0 Å². The third-order valence-electron chi connectivity index (χ3n) is 3.82. The summed E-state index contributed by atoms with van der Waals surface area (Å²) >= 11 is 0. The molecule has 96 valence electrons. The fraction of sp³-hybridized carbons (Fsp3) is 1.00. The highest BCUT2D eigenvalue weighted by Crippen LogP contribution is 2.11. The average molecular weight is 226 g/mol. The second-order valence-electron chi connectivity index (χ2n) is 5.27. The molecular weight excluding hydrogens is 196 g/mol. The van der Waals surface area contributed by atoms with Crippen LogP contribution in [0.1, 0.15) is 59.3 Å². The van der Waals surface area contributed by atoms with Crippen LogP contribution in [0.4, 0.5) is 0 Å². The quantitative estimate of drug-likeness (QED) is 0.671. The molecule has 1 heterocycles. The summed E-state index contributed by atoms with van der Waals surface area (Å²) in [6.07, 6.45) is 8.26. The number of hydrogen-bond acceptors (Lipinski definition) is 2. The third-order valence-corrected chi connectivity index (χ3v) is 3.82. The lowest BCUT2D eigenvalue weighted by Gasteiger charge is -2.38. The van der Waals surface area contributed by atoms with Crippen LogP contribution in [0, 0.1) is 0 Å². The predicted molar refractivity (Wildman–Crippen MR) is 71.9 cm³/mol. The van der Waals surface area contributed by atoms with Crippen LogP contribution >= 0.6 is 0 Å². The normalized spacial score (nSPS) is 27.2. The van der Waals surface area contributed by atoms with Crippen molar-refractivity contribution in [2.45, 2.75) is 71.4 Å². The molecule has 0 amide bonds. The first-order valence-electron chi connectivity index (χ1n) is 7.25. The summed E-state index contributed by atoms with van der Waals surface area (Å²) in [6, 6.07) is 1.46. The molecule has 0 aromatic rings. The van der Waals surface area contributed by atoms with Crippen LogP contribution in [0.5, 0.6) is 0 Å². The fourth-order valence-corrected chi connectivity index (χ4v) is 2.50. The van der Waals surface area contributed by atoms with Crippen LogP contribution in [-0.4, -0.2) is 36.6 Å². The van der Waals surface area contributed by atoms with Gasteiger partial charge in [-0.15, -0.1) is 0 Å². The summed E-state index contributed by atoms with van der Waals surface area (Å²) in [4.78, 5) is 2.68. The minimum Gasteiger partial charge on any atom is -0.311 e. The first kappa shape index (κ1) is 14.0. The molecule has 1 rings (SSSR count). The van der Waals surface area contributed by atoms with Crippen molar-refractivity contribution in [2.75, 3.05) is 19.6 Å². The molecule has 1 aliphatic heterocycles. The van der Waals surface area contributed by atoms with E-state index < -0.39 is 0 Å². The molecule has 1 aliphatic rings. The Hall–Kier alpha value is -0.0800. The van der Waals surface area contributed by atoms with Gasteiger partial charge in [-0.3, -0.25) is 4.90 Å². The summed E-state index contributed by atoms with van der Waals surface area (Å²) < 4.78 is 0. The zero-order chi connectivity index (χ0) is 11.8. The Balaban J connectivity index is 2.13. The molecule has 0 spiro atoms. The van der Waals surface area contributed by atoms with E-state index in [1.807, 2.05) is 0 Å². The Morgan fingerprint density at radius 1 is 1.12 bits per heavy atom. The second kappa shape index (κ2) is 8.08. The number of unbranched alkanes of at least 4 members (excludes halogenated alkanes) is 4. The fourth-order valence-electron chi connectivity index (χ4n) is 2.50. The van der Waals surface area contributed by atoms with E-state index in [0.29, 0.717) is 0 Å². The number of piperazine rings is 1. The summed E-state index contributed by atoms with van der Waals surface area (Å²) in [5, 5.41) is 3.62. The van der Waals surface area contributed by atoms with Gasteiger partial charge in [-0.2, -0.15) is 0 Å². The summed E-state index contributed by atoms with van der Waals surface area (Å²) in [7, 11) is 0. The maximum atomic E-state index is 3.62. The van der Waals surface area contributed by atoms with Crippen LogP contribution in [0.2, 0.25) is 0 Å². The van der Waals surface area contributed by atoms with Gasteiger partial charge in [-0.25, -0.2) is 0 Å². The Morgan fingerprint density at radius 3 is 2.56 bits per heavy atom. The van der Waals surface area contributed by atoms with Gasteiger partial charge in [0.15, 0.2) is 0 Å². The van der Waals surface area contributed by atoms with E-state index in [0.717, 1.165) is 12.1 Å². The molecule has 0 bridgehead atoms. The predicted octanol–water partition coefficient (Wildman–Crippen LogP) is 3.03. The van der Waals surface area contributed by atoms with Crippen molar-refractivity contribution in [3.63, 3.8) is 0 Å². The van der Waals surface area contributed by atoms with Gasteiger partial charge in [-0.1, -0.05) is 39.5 Å². The molecule has 2 heteroatoms. The Bertz CT molecular complexity index is 170. The van der Waals surface area contributed by atoms with Crippen molar-refractivity contribution in [3.8, 4) is 0 Å². The Kier molecular flexibility index (Phi) is 7.06. The number of hydrogen-bond donors (Lipinski definition) is 1. The second-order valence-corrected chi connectivity index (χ2v) is 5.27. The van der Waals surface area contributed by atoms with Crippen molar-refractivity contribution in [1.29, 1.82) is 0 Å². The maximum Gasteiger partial charge on any atom is 0.0193 e. The van der Waals surface area contributed by atoms with Crippen molar-refractivity contribution in [2.24, 2.45) is 0 Å². The molecule has 0 saturated carbocycles. The van der Waals surface area contributed by atoms with Gasteiger partial charge in [0.25, 0.3) is 0 Å². The molecule has 1 N–H and O–H groups in total. The van der Waals surface area contributed by atoms with E-state index in [9.17, 15) is 0 Å². The third kappa shape index (κ3) is 4.84. The zero-order valence-corrected chi connectivity index (χ0v) is 11.5. The molecule has 0 aliphatic carbocycles. The van der Waals surface area contributed by atoms with Gasteiger partial charge in [0.1, 0.15) is 0 Å². The largest absolute Gasteiger partial charge is 0.311 e. The van der Waals surface area contributed by atoms with Gasteiger partial charge in [0.05, 0.1) is 0 Å². The zero-order valence-electron chi connectivity index (χ0n) is 11.5. The monoisotopic (exact) mass is 226 g/mol. The molecule has 0 aromatic carbocycles. The molecular formula is C14H30N2. The van der Waals surface area contributed by atoms with Crippen molar-refractivity contribution in [1.82, 2.24) is 10.2 Å². The van der Waals surface area contributed by atoms with E-state index >= 15 is 0 Å². The topological polar surface area (TPSA) is 15.3 Å². The van der Waals surface area contributed by atoms with E-state index in [-0.39, 0.29) is 0 Å². The maximum absolute atomic E-state index is 3.62. The van der Waals surface area contributed by atoms with Gasteiger partial charge in [0, 0.05) is 25.2 Å². The Morgan fingerprint density at radius 2 is 1.88 bits per heavy atom. The molecule has 1 fully saturated rings. The average Bonchev–Trinajstić information content (AvgIpc) is 2.31. The highest BCUT2D eigenvalue weighted by atomic mass is 15.2. The van der Waals surface area contributed by atoms with Crippen LogP contribution in [0.15, 0.2) is 0 Å². The number of rotatable bonds is 7. The van der Waals surface area contributed by atoms with Gasteiger partial charge in [-0.05, 0) is 26.3 Å². The highest BCUT2D eigenvalue weighted by Gasteiger charge is 2.22. The first-order valence-corrected chi connectivity index (χ1v) is 7.25. The molecule has 1 saturated heterocycles. The van der Waals surface area contributed by atoms with Crippen LogP contribution in [-0.2, 0) is 0 Å². The van der Waals surface area contributed by atoms with E-state index in [4.69, 9.17) is 0 Å². The SMILES string of the molecule is CCCCCCCN1CC(CC)NCC1C.